The zero-order chi connectivity index (χ0) is 59.6. The molecule has 17 aromatic rings. The van der Waals surface area contributed by atoms with Gasteiger partial charge in [0.15, 0.2) is 23.3 Å². The first kappa shape index (κ1) is 51.3. The highest BCUT2D eigenvalue weighted by Gasteiger charge is 2.38. The smallest absolute Gasteiger partial charge is 0.238 e. The Labute approximate surface area is 518 Å². The van der Waals surface area contributed by atoms with Crippen molar-refractivity contribution in [1.82, 2.24) is 43.6 Å². The van der Waals surface area contributed by atoms with Crippen LogP contribution >= 0.6 is 0 Å². The minimum Gasteiger partial charge on any atom is -0.307 e. The Kier molecular flexibility index (Phi) is 11.4. The molecule has 90 heavy (non-hydrogen) atoms. The molecule has 12 aromatic carbocycles. The molecule has 5 aromatic heterocycles. The van der Waals surface area contributed by atoms with E-state index in [0.717, 1.165) is 110 Å². The summed E-state index contributed by atoms with van der Waals surface area (Å²) in [5, 5.41) is 6.80. The third-order valence-corrected chi connectivity index (χ3v) is 18.4. The lowest BCUT2D eigenvalue weighted by Gasteiger charge is -2.22. The fourth-order valence-electron chi connectivity index (χ4n) is 14.1. The molecule has 0 saturated carbocycles. The number of aromatic nitrogens is 9. The van der Waals surface area contributed by atoms with Crippen LogP contribution in [0.25, 0.3) is 162 Å². The maximum Gasteiger partial charge on any atom is 0.238 e. The molecule has 0 aliphatic heterocycles. The van der Waals surface area contributed by atoms with Crippen molar-refractivity contribution in [3.05, 3.63) is 296 Å². The molecular weight excluding hydrogens is 1100 g/mol. The highest BCUT2D eigenvalue weighted by atomic mass is 15.2. The van der Waals surface area contributed by atoms with Crippen LogP contribution in [0.4, 0.5) is 0 Å². The van der Waals surface area contributed by atoms with Gasteiger partial charge in [-0.25, -0.2) is 9.97 Å². The number of para-hydroxylation sites is 4. The van der Waals surface area contributed by atoms with E-state index in [1.165, 1.54) is 27.6 Å². The van der Waals surface area contributed by atoms with Gasteiger partial charge in [-0.05, 0) is 87.0 Å². The average Bonchev–Trinajstić information content (AvgIpc) is 1.57. The normalized spacial score (nSPS) is 12.6. The molecule has 0 saturated heterocycles. The molecule has 1 aliphatic rings. The van der Waals surface area contributed by atoms with Crippen LogP contribution in [-0.4, -0.2) is 43.6 Å². The van der Waals surface area contributed by atoms with Crippen molar-refractivity contribution in [2.75, 3.05) is 0 Å². The van der Waals surface area contributed by atoms with Gasteiger partial charge in [0.2, 0.25) is 11.9 Å². The maximum atomic E-state index is 5.54. The van der Waals surface area contributed by atoms with Gasteiger partial charge in [0.05, 0.1) is 33.1 Å². The summed E-state index contributed by atoms with van der Waals surface area (Å²) in [5.74, 6) is 3.49. The topological polar surface area (TPSA) is 92.1 Å². The number of hydrogen-bond donors (Lipinski definition) is 0. The molecule has 0 spiro atoms. The van der Waals surface area contributed by atoms with Gasteiger partial charge in [0.25, 0.3) is 0 Å². The van der Waals surface area contributed by atoms with E-state index in [-0.39, 0.29) is 5.41 Å². The van der Waals surface area contributed by atoms with Crippen LogP contribution in [0.2, 0.25) is 0 Å². The zero-order valence-corrected chi connectivity index (χ0v) is 49.2. The van der Waals surface area contributed by atoms with Crippen molar-refractivity contribution in [2.24, 2.45) is 0 Å². The molecular formula is C81H53N9. The van der Waals surface area contributed by atoms with Crippen molar-refractivity contribution in [2.45, 2.75) is 19.3 Å². The molecule has 18 rings (SSSR count). The molecule has 0 radical (unpaired) electrons. The van der Waals surface area contributed by atoms with Gasteiger partial charge in [-0.15, -0.1) is 0 Å². The molecule has 9 heteroatoms. The van der Waals surface area contributed by atoms with Gasteiger partial charge in [-0.3, -0.25) is 9.13 Å². The third kappa shape index (κ3) is 7.96. The largest absolute Gasteiger partial charge is 0.307 e. The van der Waals surface area contributed by atoms with Gasteiger partial charge >= 0.3 is 0 Å². The first-order chi connectivity index (χ1) is 44.4. The van der Waals surface area contributed by atoms with Crippen LogP contribution in [0.1, 0.15) is 25.0 Å². The lowest BCUT2D eigenvalue weighted by Crippen LogP contribution is -2.15. The number of nitrogens with zero attached hydrogens (tertiary/aromatic N) is 9. The number of benzene rings is 12. The van der Waals surface area contributed by atoms with E-state index < -0.39 is 0 Å². The van der Waals surface area contributed by atoms with E-state index in [2.05, 4.69) is 270 Å². The summed E-state index contributed by atoms with van der Waals surface area (Å²) < 4.78 is 6.89. The van der Waals surface area contributed by atoms with E-state index in [0.29, 0.717) is 35.2 Å². The number of hydrogen-bond acceptors (Lipinski definition) is 6. The summed E-state index contributed by atoms with van der Waals surface area (Å²) in [6.07, 6.45) is 0. The molecule has 9 nitrogen and oxygen atoms in total. The molecule has 422 valence electrons. The van der Waals surface area contributed by atoms with Crippen LogP contribution in [0.15, 0.2) is 285 Å². The van der Waals surface area contributed by atoms with E-state index >= 15 is 0 Å². The summed E-state index contributed by atoms with van der Waals surface area (Å²) in [7, 11) is 0. The first-order valence-corrected chi connectivity index (χ1v) is 30.5. The lowest BCUT2D eigenvalue weighted by molar-refractivity contribution is 0.661. The molecule has 0 fully saturated rings. The molecule has 0 N–H and O–H groups in total. The minimum atomic E-state index is -0.343. The number of fused-ring (bicyclic) bond motifs is 13. The number of rotatable bonds is 9. The highest BCUT2D eigenvalue weighted by Crippen LogP contribution is 2.54. The SMILES string of the molecule is CC1(C)c2cc3c(cc2-c2c(-c4ccc(-c5nc(-c6ccc(-c7ccccc7)cc6)nc(-n6c7ccccc7c7ccc8c9ccccc9n(-c9ccccc9)c8c76)n5)cc4)cccc21)c1ccccc1n3-c1nc(-c2ccccc2)nc(-c2ccccc2)n1. The molecule has 0 unspecified atom stereocenters. The maximum absolute atomic E-state index is 5.54. The van der Waals surface area contributed by atoms with Gasteiger partial charge in [-0.1, -0.05) is 257 Å². The van der Waals surface area contributed by atoms with Gasteiger partial charge in [0.1, 0.15) is 0 Å². The van der Waals surface area contributed by atoms with Gasteiger partial charge < -0.3 is 4.57 Å². The molecule has 0 amide bonds. The highest BCUT2D eigenvalue weighted by molar-refractivity contribution is 6.24. The van der Waals surface area contributed by atoms with E-state index in [1.807, 2.05) is 42.5 Å². The monoisotopic (exact) mass is 1150 g/mol. The Hall–Kier alpha value is -11.9. The lowest BCUT2D eigenvalue weighted by atomic mass is 9.81. The van der Waals surface area contributed by atoms with E-state index in [9.17, 15) is 0 Å². The van der Waals surface area contributed by atoms with Crippen LogP contribution in [0.3, 0.4) is 0 Å². The Balaban J connectivity index is 0.803. The van der Waals surface area contributed by atoms with Crippen LogP contribution < -0.4 is 0 Å². The molecule has 0 bridgehead atoms. The molecule has 1 aliphatic carbocycles. The Morgan fingerprint density at radius 1 is 0.256 bits per heavy atom. The van der Waals surface area contributed by atoms with Gasteiger partial charge in [-0.2, -0.15) is 19.9 Å². The quantitative estimate of drug-likeness (QED) is 0.143. The van der Waals surface area contributed by atoms with Crippen LogP contribution in [0.5, 0.6) is 0 Å². The Morgan fingerprint density at radius 3 is 1.20 bits per heavy atom. The first-order valence-electron chi connectivity index (χ1n) is 30.5. The van der Waals surface area contributed by atoms with Crippen molar-refractivity contribution in [1.29, 1.82) is 0 Å². The zero-order valence-electron chi connectivity index (χ0n) is 49.2. The van der Waals surface area contributed by atoms with Crippen molar-refractivity contribution in [3.63, 3.8) is 0 Å². The Morgan fingerprint density at radius 2 is 0.656 bits per heavy atom. The standard InChI is InChI=1S/C81H53N9/c1-81(2)66-34-21-33-58(72(66)65-48-64-61-32-17-19-36-69(61)89(71(64)49-67(65)81)79-84-75(53-24-9-4-10-25-53)82-76(85-79)54-26-11-5-12-27-54)52-40-44-56(45-41-52)78-83-77(55-42-38-51(39-43-55)50-22-7-3-8-23-50)86-80(87-78)90-70-37-20-16-31-60(70)63-47-46-62-59-30-15-18-35-68(59)88(73(62)74(63)90)57-28-13-6-14-29-57/h3-49H,1-2H3. The summed E-state index contributed by atoms with van der Waals surface area (Å²) in [6.45, 7) is 4.70. The summed E-state index contributed by atoms with van der Waals surface area (Å²) in [5.41, 5.74) is 20.1. The second-order valence-corrected chi connectivity index (χ2v) is 23.8. The summed E-state index contributed by atoms with van der Waals surface area (Å²) in [6, 6.07) is 101. The summed E-state index contributed by atoms with van der Waals surface area (Å²) in [4.78, 5) is 32.0. The van der Waals surface area contributed by atoms with Crippen molar-refractivity contribution < 1.29 is 0 Å². The summed E-state index contributed by atoms with van der Waals surface area (Å²) >= 11 is 0. The average molecular weight is 1150 g/mol. The minimum absolute atomic E-state index is 0.343. The van der Waals surface area contributed by atoms with Crippen LogP contribution in [0, 0.1) is 0 Å². The van der Waals surface area contributed by atoms with Crippen molar-refractivity contribution >= 4 is 65.4 Å². The fourth-order valence-corrected chi connectivity index (χ4v) is 14.1. The van der Waals surface area contributed by atoms with Crippen molar-refractivity contribution in [3.8, 4) is 96.5 Å². The second-order valence-electron chi connectivity index (χ2n) is 23.8. The predicted octanol–water partition coefficient (Wildman–Crippen LogP) is 19.7. The van der Waals surface area contributed by atoms with E-state index in [4.69, 9.17) is 29.9 Å². The van der Waals surface area contributed by atoms with Crippen LogP contribution in [-0.2, 0) is 5.41 Å². The fraction of sp³-hybridized carbons (Fsp3) is 0.0370. The second kappa shape index (κ2) is 20.1. The van der Waals surface area contributed by atoms with Gasteiger partial charge in [0, 0.05) is 65.7 Å². The molecule has 5 heterocycles. The Bertz CT molecular complexity index is 5650. The molecule has 0 atom stereocenters. The van der Waals surface area contributed by atoms with E-state index in [1.54, 1.807) is 0 Å². The third-order valence-electron chi connectivity index (χ3n) is 18.4. The predicted molar refractivity (Wildman–Crippen MR) is 366 cm³/mol.